The van der Waals surface area contributed by atoms with Crippen LogP contribution in [0.25, 0.3) is 146 Å². The van der Waals surface area contributed by atoms with E-state index in [1.54, 1.807) is 0 Å². The SMILES string of the molecule is c1ccc(-c2nc(-c3ccc(-c4cccc5c4oc4ccccc45)cc3)nc(-c3cccc(-c4ccc(-c5nc(-c6ccccc6)nc(-c6ccccc6-c6cccc7c6oc6ccccc67)n5)cc4)c3)n2)cc1. The number of aromatic nitrogens is 6. The first-order chi connectivity index (χ1) is 36.6. The lowest BCUT2D eigenvalue weighted by Crippen LogP contribution is -2.01. The summed E-state index contributed by atoms with van der Waals surface area (Å²) >= 11 is 0. The fourth-order valence-electron chi connectivity index (χ4n) is 9.99. The molecule has 4 heterocycles. The van der Waals surface area contributed by atoms with Crippen LogP contribution < -0.4 is 0 Å². The number of rotatable bonds is 9. The molecule has 8 nitrogen and oxygen atoms in total. The van der Waals surface area contributed by atoms with Crippen molar-refractivity contribution in [2.45, 2.75) is 0 Å². The van der Waals surface area contributed by atoms with Crippen molar-refractivity contribution in [1.29, 1.82) is 0 Å². The molecule has 0 bridgehead atoms. The third-order valence-electron chi connectivity index (χ3n) is 13.7. The van der Waals surface area contributed by atoms with E-state index < -0.39 is 0 Å². The van der Waals surface area contributed by atoms with E-state index in [1.165, 1.54) is 0 Å². The van der Waals surface area contributed by atoms with E-state index in [2.05, 4.69) is 121 Å². The van der Waals surface area contributed by atoms with Gasteiger partial charge in [0.1, 0.15) is 22.3 Å². The number of furan rings is 2. The highest BCUT2D eigenvalue weighted by molar-refractivity contribution is 6.11. The molecule has 8 heteroatoms. The van der Waals surface area contributed by atoms with Crippen LogP contribution in [0, 0.1) is 0 Å². The van der Waals surface area contributed by atoms with Gasteiger partial charge in [-0.25, -0.2) is 29.9 Å². The van der Waals surface area contributed by atoms with Gasteiger partial charge in [-0.05, 0) is 40.5 Å². The van der Waals surface area contributed by atoms with Gasteiger partial charge in [0, 0.05) is 66.1 Å². The molecule has 0 saturated carbocycles. The molecule has 0 fully saturated rings. The highest BCUT2D eigenvalue weighted by atomic mass is 16.3. The monoisotopic (exact) mass is 948 g/mol. The van der Waals surface area contributed by atoms with Crippen LogP contribution in [0.5, 0.6) is 0 Å². The van der Waals surface area contributed by atoms with Crippen LogP contribution in [0.15, 0.2) is 251 Å². The Morgan fingerprint density at radius 2 is 0.554 bits per heavy atom. The number of nitrogens with zero attached hydrogens (tertiary/aromatic N) is 6. The van der Waals surface area contributed by atoms with E-state index in [9.17, 15) is 0 Å². The lowest BCUT2D eigenvalue weighted by molar-refractivity contribution is 0.669. The van der Waals surface area contributed by atoms with E-state index in [0.29, 0.717) is 34.9 Å². The Morgan fingerprint density at radius 3 is 1.12 bits per heavy atom. The van der Waals surface area contributed by atoms with Gasteiger partial charge in [0.2, 0.25) is 0 Å². The van der Waals surface area contributed by atoms with Crippen LogP contribution in [-0.4, -0.2) is 29.9 Å². The smallest absolute Gasteiger partial charge is 0.164 e. The van der Waals surface area contributed by atoms with Crippen molar-refractivity contribution in [2.24, 2.45) is 0 Å². The van der Waals surface area contributed by atoms with Crippen LogP contribution in [0.3, 0.4) is 0 Å². The van der Waals surface area contributed by atoms with Crippen LogP contribution in [-0.2, 0) is 0 Å². The Labute approximate surface area is 425 Å². The molecule has 74 heavy (non-hydrogen) atoms. The average Bonchev–Trinajstić information content (AvgIpc) is 4.08. The predicted molar refractivity (Wildman–Crippen MR) is 297 cm³/mol. The van der Waals surface area contributed by atoms with E-state index in [1.807, 2.05) is 121 Å². The van der Waals surface area contributed by atoms with Crippen LogP contribution in [0.2, 0.25) is 0 Å². The van der Waals surface area contributed by atoms with Gasteiger partial charge < -0.3 is 8.83 Å². The summed E-state index contributed by atoms with van der Waals surface area (Å²) in [6.45, 7) is 0. The second kappa shape index (κ2) is 17.9. The summed E-state index contributed by atoms with van der Waals surface area (Å²) in [5.41, 5.74) is 14.7. The molecule has 14 aromatic rings. The van der Waals surface area contributed by atoms with Gasteiger partial charge in [-0.2, -0.15) is 0 Å². The molecule has 0 aliphatic carbocycles. The molecule has 10 aromatic carbocycles. The topological polar surface area (TPSA) is 104 Å². The third kappa shape index (κ3) is 7.66. The molecule has 4 aromatic heterocycles. The lowest BCUT2D eigenvalue weighted by atomic mass is 9.97. The normalized spacial score (nSPS) is 11.5. The van der Waals surface area contributed by atoms with Gasteiger partial charge in [-0.1, -0.05) is 224 Å². The summed E-state index contributed by atoms with van der Waals surface area (Å²) in [6, 6.07) is 82.3. The second-order valence-electron chi connectivity index (χ2n) is 18.2. The van der Waals surface area contributed by atoms with Crippen molar-refractivity contribution in [3.63, 3.8) is 0 Å². The van der Waals surface area contributed by atoms with E-state index >= 15 is 0 Å². The summed E-state index contributed by atoms with van der Waals surface area (Å²) in [5.74, 6) is 3.47. The summed E-state index contributed by atoms with van der Waals surface area (Å²) in [4.78, 5) is 30.6. The van der Waals surface area contributed by atoms with Crippen molar-refractivity contribution in [3.05, 3.63) is 243 Å². The summed E-state index contributed by atoms with van der Waals surface area (Å²) in [7, 11) is 0. The fraction of sp³-hybridized carbons (Fsp3) is 0. The first-order valence-electron chi connectivity index (χ1n) is 24.5. The molecule has 0 radical (unpaired) electrons. The van der Waals surface area contributed by atoms with Crippen molar-refractivity contribution in [1.82, 2.24) is 29.9 Å². The zero-order valence-corrected chi connectivity index (χ0v) is 39.6. The molecule has 0 amide bonds. The average molecular weight is 949 g/mol. The van der Waals surface area contributed by atoms with Gasteiger partial charge >= 0.3 is 0 Å². The molecule has 0 saturated heterocycles. The standard InChI is InChI=1S/C66H40N6O2/c1-3-16-43(17-4-1)61-67-63(46-38-34-42(35-39-46)49-26-14-28-54-51-23-9-11-30-57(51)73-59(49)54)70-65(69-61)48-21-13-20-47(40-48)41-32-36-45(37-33-41)64-68-62(44-18-5-2-6-19-44)71-66(72-64)56-25-8-7-22-50(56)53-27-15-29-55-52-24-10-12-31-58(52)74-60(53)55/h1-40H. The zero-order valence-electron chi connectivity index (χ0n) is 39.6. The minimum atomic E-state index is 0.566. The van der Waals surface area contributed by atoms with Gasteiger partial charge in [0.15, 0.2) is 34.9 Å². The number of benzene rings is 10. The van der Waals surface area contributed by atoms with Crippen molar-refractivity contribution < 1.29 is 8.83 Å². The van der Waals surface area contributed by atoms with Crippen LogP contribution in [0.1, 0.15) is 0 Å². The minimum Gasteiger partial charge on any atom is -0.455 e. The summed E-state index contributed by atoms with van der Waals surface area (Å²) in [6.07, 6.45) is 0. The number of hydrogen-bond acceptors (Lipinski definition) is 8. The number of hydrogen-bond donors (Lipinski definition) is 0. The van der Waals surface area contributed by atoms with Crippen molar-refractivity contribution in [3.8, 4) is 102 Å². The Morgan fingerprint density at radius 1 is 0.203 bits per heavy atom. The maximum atomic E-state index is 6.51. The zero-order chi connectivity index (χ0) is 49.0. The molecular formula is C66H40N6O2. The Balaban J connectivity index is 0.812. The van der Waals surface area contributed by atoms with Gasteiger partial charge in [-0.15, -0.1) is 0 Å². The molecule has 0 atom stereocenters. The Bertz CT molecular complexity index is 4420. The van der Waals surface area contributed by atoms with Gasteiger partial charge in [0.05, 0.1) is 0 Å². The highest BCUT2D eigenvalue weighted by Gasteiger charge is 2.20. The van der Waals surface area contributed by atoms with Crippen LogP contribution in [0.4, 0.5) is 0 Å². The van der Waals surface area contributed by atoms with E-state index in [-0.39, 0.29) is 0 Å². The summed E-state index contributed by atoms with van der Waals surface area (Å²) in [5, 5.41) is 4.34. The molecule has 0 spiro atoms. The molecule has 14 rings (SSSR count). The minimum absolute atomic E-state index is 0.566. The lowest BCUT2D eigenvalue weighted by Gasteiger charge is -2.13. The first-order valence-corrected chi connectivity index (χ1v) is 24.5. The molecule has 346 valence electrons. The van der Waals surface area contributed by atoms with Crippen molar-refractivity contribution >= 4 is 43.9 Å². The second-order valence-corrected chi connectivity index (χ2v) is 18.2. The van der Waals surface area contributed by atoms with Crippen molar-refractivity contribution in [2.75, 3.05) is 0 Å². The quantitative estimate of drug-likeness (QED) is 0.141. The van der Waals surface area contributed by atoms with Crippen LogP contribution >= 0.6 is 0 Å². The Kier molecular flexibility index (Phi) is 10.3. The predicted octanol–water partition coefficient (Wildman–Crippen LogP) is 16.9. The Hall–Kier alpha value is -10.2. The van der Waals surface area contributed by atoms with E-state index in [4.69, 9.17) is 38.7 Å². The maximum absolute atomic E-state index is 6.51. The first kappa shape index (κ1) is 42.7. The largest absolute Gasteiger partial charge is 0.455 e. The highest BCUT2D eigenvalue weighted by Crippen LogP contribution is 2.41. The maximum Gasteiger partial charge on any atom is 0.164 e. The molecular weight excluding hydrogens is 909 g/mol. The molecule has 0 aliphatic rings. The number of para-hydroxylation sites is 4. The van der Waals surface area contributed by atoms with Gasteiger partial charge in [-0.3, -0.25) is 0 Å². The molecule has 0 aliphatic heterocycles. The number of fused-ring (bicyclic) bond motifs is 6. The fourth-order valence-corrected chi connectivity index (χ4v) is 9.99. The molecule has 0 N–H and O–H groups in total. The van der Waals surface area contributed by atoms with E-state index in [0.717, 1.165) is 111 Å². The van der Waals surface area contributed by atoms with Gasteiger partial charge in [0.25, 0.3) is 0 Å². The molecule has 0 unspecified atom stereocenters. The summed E-state index contributed by atoms with van der Waals surface area (Å²) < 4.78 is 12.9. The third-order valence-corrected chi connectivity index (χ3v) is 13.7.